The lowest BCUT2D eigenvalue weighted by Crippen LogP contribution is -2.19. The highest BCUT2D eigenvalue weighted by molar-refractivity contribution is 5.49. The van der Waals surface area contributed by atoms with Crippen molar-refractivity contribution < 1.29 is 0 Å². The van der Waals surface area contributed by atoms with E-state index in [2.05, 4.69) is 41.1 Å². The fourth-order valence-electron chi connectivity index (χ4n) is 1.91. The summed E-state index contributed by atoms with van der Waals surface area (Å²) in [4.78, 5) is 0. The molecule has 1 fully saturated rings. The summed E-state index contributed by atoms with van der Waals surface area (Å²) in [5.41, 5.74) is 2.70. The zero-order chi connectivity index (χ0) is 12.1. The van der Waals surface area contributed by atoms with Crippen LogP contribution in [0.15, 0.2) is 17.8 Å². The fraction of sp³-hybridized carbons (Fsp3) is 0.643. The van der Waals surface area contributed by atoms with Crippen LogP contribution in [0.5, 0.6) is 0 Å². The lowest BCUT2D eigenvalue weighted by Gasteiger charge is -2.07. The van der Waals surface area contributed by atoms with Gasteiger partial charge in [-0.3, -0.25) is 4.68 Å². The third-order valence-corrected chi connectivity index (χ3v) is 3.19. The van der Waals surface area contributed by atoms with Gasteiger partial charge in [-0.05, 0) is 37.8 Å². The van der Waals surface area contributed by atoms with Gasteiger partial charge in [0.15, 0.2) is 0 Å². The first-order valence-corrected chi connectivity index (χ1v) is 6.78. The maximum Gasteiger partial charge on any atom is 0.0609 e. The van der Waals surface area contributed by atoms with Crippen molar-refractivity contribution in [2.24, 2.45) is 0 Å². The lowest BCUT2D eigenvalue weighted by molar-refractivity contribution is 0.597. The molecule has 1 aliphatic rings. The monoisotopic (exact) mass is 233 g/mol. The second-order valence-corrected chi connectivity index (χ2v) is 4.79. The van der Waals surface area contributed by atoms with Crippen LogP contribution in [0.3, 0.4) is 0 Å². The van der Waals surface area contributed by atoms with E-state index >= 15 is 0 Å². The Morgan fingerprint density at radius 2 is 2.35 bits per heavy atom. The molecule has 1 aromatic heterocycles. The Morgan fingerprint density at radius 3 is 3.00 bits per heavy atom. The molecule has 0 unspecified atom stereocenters. The minimum absolute atomic E-state index is 0.783. The van der Waals surface area contributed by atoms with E-state index in [0.29, 0.717) is 0 Å². The molecule has 0 radical (unpaired) electrons. The summed E-state index contributed by atoms with van der Waals surface area (Å²) in [7, 11) is 0. The van der Waals surface area contributed by atoms with Gasteiger partial charge in [0, 0.05) is 25.3 Å². The Balaban J connectivity index is 1.99. The summed E-state index contributed by atoms with van der Waals surface area (Å²) in [5, 5.41) is 7.93. The van der Waals surface area contributed by atoms with E-state index in [0.717, 1.165) is 32.0 Å². The van der Waals surface area contributed by atoms with Crippen molar-refractivity contribution in [3.05, 3.63) is 23.5 Å². The average Bonchev–Trinajstić information content (AvgIpc) is 3.07. The summed E-state index contributed by atoms with van der Waals surface area (Å²) < 4.78 is 2.09. The molecule has 1 aromatic rings. The van der Waals surface area contributed by atoms with Crippen molar-refractivity contribution in [3.63, 3.8) is 0 Å². The number of hydrogen-bond donors (Lipinski definition) is 1. The van der Waals surface area contributed by atoms with E-state index in [9.17, 15) is 0 Å². The van der Waals surface area contributed by atoms with Crippen LogP contribution in [-0.4, -0.2) is 22.4 Å². The second kappa shape index (κ2) is 6.01. The van der Waals surface area contributed by atoms with Gasteiger partial charge in [-0.1, -0.05) is 19.4 Å². The molecule has 0 saturated heterocycles. The third-order valence-electron chi connectivity index (χ3n) is 3.19. The van der Waals surface area contributed by atoms with E-state index < -0.39 is 0 Å². The SMILES string of the molecule is CCCn1nccc1/C=C(/CC)CNC1CC1. The molecule has 17 heavy (non-hydrogen) atoms. The Bertz CT molecular complexity index is 375. The van der Waals surface area contributed by atoms with Crippen molar-refractivity contribution in [1.29, 1.82) is 0 Å². The van der Waals surface area contributed by atoms with Gasteiger partial charge in [0.25, 0.3) is 0 Å². The summed E-state index contributed by atoms with van der Waals surface area (Å²) in [6.45, 7) is 6.44. The first kappa shape index (κ1) is 12.4. The number of rotatable bonds is 7. The van der Waals surface area contributed by atoms with E-state index in [-0.39, 0.29) is 0 Å². The molecule has 0 aromatic carbocycles. The largest absolute Gasteiger partial charge is 0.310 e. The molecule has 3 heteroatoms. The molecule has 1 N–H and O–H groups in total. The Hall–Kier alpha value is -1.09. The van der Waals surface area contributed by atoms with Crippen LogP contribution >= 0.6 is 0 Å². The van der Waals surface area contributed by atoms with Crippen LogP contribution in [0.25, 0.3) is 6.08 Å². The zero-order valence-electron chi connectivity index (χ0n) is 10.9. The molecular weight excluding hydrogens is 210 g/mol. The molecule has 0 bridgehead atoms. The Morgan fingerprint density at radius 1 is 1.53 bits per heavy atom. The maximum absolute atomic E-state index is 4.35. The first-order chi connectivity index (χ1) is 8.33. The summed E-state index contributed by atoms with van der Waals surface area (Å²) in [5.74, 6) is 0. The predicted molar refractivity (Wildman–Crippen MR) is 71.8 cm³/mol. The van der Waals surface area contributed by atoms with E-state index in [1.54, 1.807) is 0 Å². The fourth-order valence-corrected chi connectivity index (χ4v) is 1.91. The number of nitrogens with one attached hydrogen (secondary N) is 1. The van der Waals surface area contributed by atoms with Gasteiger partial charge in [-0.25, -0.2) is 0 Å². The first-order valence-electron chi connectivity index (χ1n) is 6.78. The summed E-state index contributed by atoms with van der Waals surface area (Å²) in [6.07, 6.45) is 9.12. The quantitative estimate of drug-likeness (QED) is 0.785. The number of aromatic nitrogens is 2. The van der Waals surface area contributed by atoms with Crippen LogP contribution in [0, 0.1) is 0 Å². The van der Waals surface area contributed by atoms with E-state index in [4.69, 9.17) is 0 Å². The summed E-state index contributed by atoms with van der Waals surface area (Å²) in [6, 6.07) is 2.88. The smallest absolute Gasteiger partial charge is 0.0609 e. The molecule has 0 spiro atoms. The molecular formula is C14H23N3. The molecule has 3 nitrogen and oxygen atoms in total. The van der Waals surface area contributed by atoms with Gasteiger partial charge in [-0.15, -0.1) is 0 Å². The van der Waals surface area contributed by atoms with Crippen LogP contribution < -0.4 is 5.32 Å². The van der Waals surface area contributed by atoms with E-state index in [1.165, 1.54) is 24.1 Å². The highest BCUT2D eigenvalue weighted by Crippen LogP contribution is 2.19. The van der Waals surface area contributed by atoms with Gasteiger partial charge in [0.1, 0.15) is 0 Å². The van der Waals surface area contributed by atoms with Crippen LogP contribution in [0.2, 0.25) is 0 Å². The van der Waals surface area contributed by atoms with Crippen molar-refractivity contribution >= 4 is 6.08 Å². The maximum atomic E-state index is 4.35. The van der Waals surface area contributed by atoms with Gasteiger partial charge >= 0.3 is 0 Å². The number of hydrogen-bond acceptors (Lipinski definition) is 2. The van der Waals surface area contributed by atoms with Crippen LogP contribution in [0.4, 0.5) is 0 Å². The van der Waals surface area contributed by atoms with Crippen molar-refractivity contribution in [1.82, 2.24) is 15.1 Å². The molecule has 1 aliphatic carbocycles. The van der Waals surface area contributed by atoms with Gasteiger partial charge in [0.05, 0.1) is 5.69 Å². The van der Waals surface area contributed by atoms with E-state index in [1.807, 2.05) is 6.20 Å². The number of aryl methyl sites for hydroxylation is 1. The Kier molecular flexibility index (Phi) is 4.37. The predicted octanol–water partition coefficient (Wildman–Crippen LogP) is 2.84. The highest BCUT2D eigenvalue weighted by atomic mass is 15.3. The summed E-state index contributed by atoms with van der Waals surface area (Å²) >= 11 is 0. The standard InChI is InChI=1S/C14H23N3/c1-3-9-17-14(7-8-16-17)10-12(4-2)11-15-13-5-6-13/h7-8,10,13,15H,3-6,9,11H2,1-2H3/b12-10-. The molecule has 1 saturated carbocycles. The van der Waals surface area contributed by atoms with Gasteiger partial charge < -0.3 is 5.32 Å². The minimum Gasteiger partial charge on any atom is -0.310 e. The van der Waals surface area contributed by atoms with Crippen molar-refractivity contribution in [3.8, 4) is 0 Å². The van der Waals surface area contributed by atoms with Crippen molar-refractivity contribution in [2.45, 2.75) is 52.1 Å². The third kappa shape index (κ3) is 3.70. The molecule has 94 valence electrons. The molecule has 2 rings (SSSR count). The van der Waals surface area contributed by atoms with Crippen LogP contribution in [0.1, 0.15) is 45.2 Å². The topological polar surface area (TPSA) is 29.9 Å². The minimum atomic E-state index is 0.783. The second-order valence-electron chi connectivity index (χ2n) is 4.79. The average molecular weight is 233 g/mol. The number of nitrogens with zero attached hydrogens (tertiary/aromatic N) is 2. The van der Waals surface area contributed by atoms with Crippen LogP contribution in [-0.2, 0) is 6.54 Å². The molecule has 0 amide bonds. The molecule has 0 atom stereocenters. The zero-order valence-corrected chi connectivity index (χ0v) is 10.9. The highest BCUT2D eigenvalue weighted by Gasteiger charge is 2.20. The molecule has 1 heterocycles. The van der Waals surface area contributed by atoms with Gasteiger partial charge in [-0.2, -0.15) is 5.10 Å². The normalized spacial score (nSPS) is 16.5. The Labute approximate surface area is 104 Å². The molecule has 0 aliphatic heterocycles. The van der Waals surface area contributed by atoms with Gasteiger partial charge in [0.2, 0.25) is 0 Å². The van der Waals surface area contributed by atoms with Crippen molar-refractivity contribution in [2.75, 3.05) is 6.54 Å². The lowest BCUT2D eigenvalue weighted by atomic mass is 10.1.